The molecule has 0 aromatic heterocycles. The highest BCUT2D eigenvalue weighted by molar-refractivity contribution is 6.30. The van der Waals surface area contributed by atoms with Gasteiger partial charge in [0.25, 0.3) is 0 Å². The molecular weight excluding hydrogens is 354 g/mol. The van der Waals surface area contributed by atoms with Gasteiger partial charge in [-0.15, -0.1) is 0 Å². The number of allylic oxidation sites excluding steroid dienone is 2. The molecule has 0 unspecified atom stereocenters. The van der Waals surface area contributed by atoms with E-state index < -0.39 is 0 Å². The van der Waals surface area contributed by atoms with E-state index in [1.165, 1.54) is 32.1 Å². The number of oxime groups is 1. The minimum atomic E-state index is 0.369. The monoisotopic (exact) mass is 385 g/mol. The first-order valence-electron chi connectivity index (χ1n) is 10.4. The molecule has 3 aliphatic rings. The number of hydrogen-bond acceptors (Lipinski definition) is 2. The van der Waals surface area contributed by atoms with Gasteiger partial charge in [0.2, 0.25) is 0 Å². The fourth-order valence-electron chi connectivity index (χ4n) is 6.51. The fourth-order valence-corrected chi connectivity index (χ4v) is 6.64. The predicted octanol–water partition coefficient (Wildman–Crippen LogP) is 7.03. The van der Waals surface area contributed by atoms with Crippen LogP contribution in [0.25, 0.3) is 0 Å². The summed E-state index contributed by atoms with van der Waals surface area (Å²) in [5.41, 5.74) is 4.58. The summed E-state index contributed by atoms with van der Waals surface area (Å²) in [5, 5.41) is 5.15. The number of halogens is 1. The van der Waals surface area contributed by atoms with Crippen LogP contribution in [-0.2, 0) is 11.4 Å². The summed E-state index contributed by atoms with van der Waals surface area (Å²) >= 11 is 5.94. The third kappa shape index (κ3) is 3.35. The first kappa shape index (κ1) is 19.1. The SMILES string of the molecule is CC(/C=C1/[C@H]2CC[C@@H]3[C@@H]2C(C)(C)CCC[C@]13C)=N\OCc1ccc(Cl)cc1. The quantitative estimate of drug-likeness (QED) is 0.402. The summed E-state index contributed by atoms with van der Waals surface area (Å²) in [6.07, 6.45) is 9.20. The van der Waals surface area contributed by atoms with E-state index in [0.717, 1.165) is 34.1 Å². The Morgan fingerprint density at radius 1 is 1.19 bits per heavy atom. The molecule has 0 aliphatic heterocycles. The van der Waals surface area contributed by atoms with E-state index in [1.54, 1.807) is 5.57 Å². The zero-order valence-corrected chi connectivity index (χ0v) is 17.9. The van der Waals surface area contributed by atoms with E-state index in [9.17, 15) is 0 Å². The molecular formula is C24H32ClNO. The van der Waals surface area contributed by atoms with E-state index in [1.807, 2.05) is 24.3 Å². The molecule has 0 heterocycles. The Labute approximate surface area is 169 Å². The average Bonchev–Trinajstić information content (AvgIpc) is 3.11. The molecule has 146 valence electrons. The van der Waals surface area contributed by atoms with Crippen molar-refractivity contribution >= 4 is 17.3 Å². The van der Waals surface area contributed by atoms with Crippen molar-refractivity contribution in [3.8, 4) is 0 Å². The number of benzene rings is 1. The Morgan fingerprint density at radius 3 is 2.67 bits per heavy atom. The fraction of sp³-hybridized carbons (Fsp3) is 0.625. The summed E-state index contributed by atoms with van der Waals surface area (Å²) < 4.78 is 0. The molecule has 3 heteroatoms. The van der Waals surface area contributed by atoms with Gasteiger partial charge < -0.3 is 4.84 Å². The van der Waals surface area contributed by atoms with Gasteiger partial charge in [-0.3, -0.25) is 0 Å². The minimum Gasteiger partial charge on any atom is -0.391 e. The smallest absolute Gasteiger partial charge is 0.142 e. The van der Waals surface area contributed by atoms with Gasteiger partial charge in [0.15, 0.2) is 0 Å². The molecule has 3 fully saturated rings. The van der Waals surface area contributed by atoms with Crippen LogP contribution in [-0.4, -0.2) is 5.71 Å². The molecule has 0 radical (unpaired) electrons. The van der Waals surface area contributed by atoms with E-state index in [0.29, 0.717) is 17.4 Å². The Balaban J connectivity index is 1.52. The molecule has 4 bridgehead atoms. The molecule has 3 aliphatic carbocycles. The summed E-state index contributed by atoms with van der Waals surface area (Å²) in [6, 6.07) is 7.74. The highest BCUT2D eigenvalue weighted by atomic mass is 35.5. The van der Waals surface area contributed by atoms with Crippen LogP contribution in [0.5, 0.6) is 0 Å². The zero-order chi connectivity index (χ0) is 19.2. The van der Waals surface area contributed by atoms with Gasteiger partial charge in [-0.25, -0.2) is 0 Å². The van der Waals surface area contributed by atoms with Crippen LogP contribution in [0.4, 0.5) is 0 Å². The molecule has 27 heavy (non-hydrogen) atoms. The van der Waals surface area contributed by atoms with Crippen molar-refractivity contribution in [2.45, 2.75) is 66.4 Å². The first-order chi connectivity index (χ1) is 12.8. The van der Waals surface area contributed by atoms with Crippen molar-refractivity contribution in [3.63, 3.8) is 0 Å². The standard InChI is InChI=1S/C24H32ClNO/c1-16(26-27-15-17-6-8-18(25)9-7-17)14-21-19-10-11-20-22(19)23(2,3)12-5-13-24(20,21)4/h6-9,14,19-20,22H,5,10-13,15H2,1-4H3/b21-14-,26-16+/t19-,20-,22-,24+/m1/s1. The van der Waals surface area contributed by atoms with Crippen LogP contribution in [0.1, 0.15) is 65.4 Å². The number of hydrogen-bond donors (Lipinski definition) is 0. The van der Waals surface area contributed by atoms with Gasteiger partial charge >= 0.3 is 0 Å². The lowest BCUT2D eigenvalue weighted by molar-refractivity contribution is 0.130. The average molecular weight is 386 g/mol. The van der Waals surface area contributed by atoms with E-state index in [-0.39, 0.29) is 0 Å². The van der Waals surface area contributed by atoms with Crippen LogP contribution in [0.3, 0.4) is 0 Å². The van der Waals surface area contributed by atoms with Crippen molar-refractivity contribution in [1.82, 2.24) is 0 Å². The maximum atomic E-state index is 5.94. The Kier molecular flexibility index (Phi) is 4.91. The Morgan fingerprint density at radius 2 is 1.93 bits per heavy atom. The second-order valence-corrected chi connectivity index (χ2v) is 10.2. The van der Waals surface area contributed by atoms with Gasteiger partial charge in [0.1, 0.15) is 6.61 Å². The third-order valence-electron chi connectivity index (χ3n) is 7.67. The van der Waals surface area contributed by atoms with Gasteiger partial charge in [0, 0.05) is 5.02 Å². The Bertz CT molecular complexity index is 763. The summed E-state index contributed by atoms with van der Waals surface area (Å²) in [7, 11) is 0. The lowest BCUT2D eigenvalue weighted by atomic mass is 9.68. The second kappa shape index (κ2) is 6.95. The normalized spacial score (nSPS) is 36.1. The van der Waals surface area contributed by atoms with E-state index in [4.69, 9.17) is 16.4 Å². The van der Waals surface area contributed by atoms with Gasteiger partial charge in [-0.2, -0.15) is 0 Å². The zero-order valence-electron chi connectivity index (χ0n) is 17.1. The van der Waals surface area contributed by atoms with E-state index in [2.05, 4.69) is 38.9 Å². The minimum absolute atomic E-state index is 0.369. The first-order valence-corrected chi connectivity index (χ1v) is 10.8. The molecule has 1 aromatic rings. The maximum absolute atomic E-state index is 5.94. The summed E-state index contributed by atoms with van der Waals surface area (Å²) in [6.45, 7) is 10.1. The topological polar surface area (TPSA) is 21.6 Å². The van der Waals surface area contributed by atoms with Gasteiger partial charge in [0.05, 0.1) is 5.71 Å². The molecule has 2 nitrogen and oxygen atoms in total. The summed E-state index contributed by atoms with van der Waals surface area (Å²) in [4.78, 5) is 5.62. The highest BCUT2D eigenvalue weighted by Crippen LogP contribution is 2.70. The van der Waals surface area contributed by atoms with E-state index >= 15 is 0 Å². The maximum Gasteiger partial charge on any atom is 0.142 e. The molecule has 0 N–H and O–H groups in total. The lowest BCUT2D eigenvalue weighted by Crippen LogP contribution is -2.28. The molecule has 4 rings (SSSR count). The lowest BCUT2D eigenvalue weighted by Gasteiger charge is -2.36. The van der Waals surface area contributed by atoms with Crippen LogP contribution < -0.4 is 0 Å². The van der Waals surface area contributed by atoms with Crippen molar-refractivity contribution in [3.05, 3.63) is 46.5 Å². The molecule has 3 saturated carbocycles. The van der Waals surface area contributed by atoms with Gasteiger partial charge in [-0.05, 0) is 85.0 Å². The van der Waals surface area contributed by atoms with Crippen LogP contribution in [0.15, 0.2) is 41.1 Å². The van der Waals surface area contributed by atoms with Crippen molar-refractivity contribution in [2.75, 3.05) is 0 Å². The third-order valence-corrected chi connectivity index (χ3v) is 7.92. The molecule has 0 spiro atoms. The molecule has 0 saturated heterocycles. The largest absolute Gasteiger partial charge is 0.391 e. The molecule has 0 amide bonds. The van der Waals surface area contributed by atoms with Crippen LogP contribution >= 0.6 is 11.6 Å². The second-order valence-electron chi connectivity index (χ2n) is 9.81. The van der Waals surface area contributed by atoms with Crippen molar-refractivity contribution in [2.24, 2.45) is 33.7 Å². The number of nitrogens with zero attached hydrogens (tertiary/aromatic N) is 1. The van der Waals surface area contributed by atoms with Crippen LogP contribution in [0.2, 0.25) is 5.02 Å². The van der Waals surface area contributed by atoms with Crippen LogP contribution in [0, 0.1) is 28.6 Å². The van der Waals surface area contributed by atoms with Crippen molar-refractivity contribution in [1.29, 1.82) is 0 Å². The molecule has 4 atom stereocenters. The predicted molar refractivity (Wildman–Crippen MR) is 113 cm³/mol. The Hall–Kier alpha value is -1.28. The van der Waals surface area contributed by atoms with Gasteiger partial charge in [-0.1, -0.05) is 61.7 Å². The number of rotatable bonds is 4. The van der Waals surface area contributed by atoms with Crippen molar-refractivity contribution < 1.29 is 4.84 Å². The molecule has 1 aromatic carbocycles. The summed E-state index contributed by atoms with van der Waals surface area (Å²) in [5.74, 6) is 2.45. The highest BCUT2D eigenvalue weighted by Gasteiger charge is 2.62.